The van der Waals surface area contributed by atoms with Crippen LogP contribution in [0.15, 0.2) is 97.2 Å². The van der Waals surface area contributed by atoms with Gasteiger partial charge in [0, 0.05) is 19.3 Å². The fourth-order valence-corrected chi connectivity index (χ4v) is 7.52. The van der Waals surface area contributed by atoms with Crippen molar-refractivity contribution < 1.29 is 38.2 Å². The number of nitrogens with zero attached hydrogens (tertiary/aromatic N) is 1. The number of unbranched alkanes of at least 4 members (excludes halogenated alkanes) is 18. The number of esters is 2. The van der Waals surface area contributed by atoms with Crippen LogP contribution in [-0.4, -0.2) is 75.5 Å². The van der Waals surface area contributed by atoms with E-state index < -0.39 is 18.1 Å². The summed E-state index contributed by atoms with van der Waals surface area (Å²) in [5, 5.41) is 11.7. The largest absolute Gasteiger partial charge is 0.544 e. The molecule has 0 rings (SSSR count). The molecule has 0 fully saturated rings. The number of aliphatic carboxylic acids is 1. The molecule has 8 heteroatoms. The molecule has 0 aromatic heterocycles. The predicted molar refractivity (Wildman–Crippen MR) is 286 cm³/mol. The van der Waals surface area contributed by atoms with E-state index in [-0.39, 0.29) is 42.7 Å². The minimum Gasteiger partial charge on any atom is -0.544 e. The number of allylic oxidation sites excluding steroid dienone is 16. The van der Waals surface area contributed by atoms with Gasteiger partial charge in [0.25, 0.3) is 0 Å². The highest BCUT2D eigenvalue weighted by Gasteiger charge is 2.25. The molecule has 0 aliphatic heterocycles. The average molecular weight is 948 g/mol. The first-order valence-electron chi connectivity index (χ1n) is 27.3. The summed E-state index contributed by atoms with van der Waals surface area (Å²) in [6.07, 6.45) is 67.2. The van der Waals surface area contributed by atoms with Crippen molar-refractivity contribution in [1.82, 2.24) is 0 Å². The van der Waals surface area contributed by atoms with Crippen molar-refractivity contribution >= 4 is 17.9 Å². The normalized spacial score (nSPS) is 13.6. The van der Waals surface area contributed by atoms with E-state index in [9.17, 15) is 19.5 Å². The van der Waals surface area contributed by atoms with Crippen LogP contribution in [0.2, 0.25) is 0 Å². The van der Waals surface area contributed by atoms with Crippen molar-refractivity contribution in [2.45, 2.75) is 225 Å². The second-order valence-electron chi connectivity index (χ2n) is 19.1. The van der Waals surface area contributed by atoms with Gasteiger partial charge in [-0.15, -0.1) is 0 Å². The van der Waals surface area contributed by atoms with Crippen molar-refractivity contribution in [3.8, 4) is 0 Å². The van der Waals surface area contributed by atoms with Crippen LogP contribution < -0.4 is 5.11 Å². The first-order valence-corrected chi connectivity index (χ1v) is 27.3. The summed E-state index contributed by atoms with van der Waals surface area (Å²) in [4.78, 5) is 37.1. The van der Waals surface area contributed by atoms with Gasteiger partial charge in [0.05, 0.1) is 40.3 Å². The van der Waals surface area contributed by atoms with Crippen LogP contribution in [0.25, 0.3) is 0 Å². The molecule has 388 valence electrons. The molecular formula is C60H101NO7. The van der Waals surface area contributed by atoms with Crippen LogP contribution >= 0.6 is 0 Å². The number of carboxylic acids is 1. The Labute approximate surface area is 417 Å². The van der Waals surface area contributed by atoms with Crippen molar-refractivity contribution in [2.75, 3.05) is 41.0 Å². The van der Waals surface area contributed by atoms with Gasteiger partial charge in [0.15, 0.2) is 6.10 Å². The van der Waals surface area contributed by atoms with Crippen molar-refractivity contribution in [2.24, 2.45) is 0 Å². The lowest BCUT2D eigenvalue weighted by Gasteiger charge is -2.34. The maximum Gasteiger partial charge on any atom is 0.306 e. The summed E-state index contributed by atoms with van der Waals surface area (Å²) in [7, 11) is 5.41. The van der Waals surface area contributed by atoms with Crippen LogP contribution in [0.5, 0.6) is 0 Å². The summed E-state index contributed by atoms with van der Waals surface area (Å²) in [6.45, 7) is 4.50. The van der Waals surface area contributed by atoms with E-state index in [1.54, 1.807) is 21.1 Å². The molecule has 0 saturated heterocycles. The molecule has 0 amide bonds. The molecule has 0 bridgehead atoms. The van der Waals surface area contributed by atoms with Crippen LogP contribution in [-0.2, 0) is 28.6 Å². The van der Waals surface area contributed by atoms with Crippen LogP contribution in [0.4, 0.5) is 0 Å². The second-order valence-corrected chi connectivity index (χ2v) is 19.1. The van der Waals surface area contributed by atoms with E-state index in [4.69, 9.17) is 14.2 Å². The predicted octanol–water partition coefficient (Wildman–Crippen LogP) is 14.9. The first-order chi connectivity index (χ1) is 33.1. The Hall–Kier alpha value is -3.75. The fraction of sp³-hybridized carbons (Fsp3) is 0.683. The van der Waals surface area contributed by atoms with Gasteiger partial charge in [0.1, 0.15) is 12.6 Å². The van der Waals surface area contributed by atoms with Gasteiger partial charge in [-0.1, -0.05) is 195 Å². The van der Waals surface area contributed by atoms with Crippen molar-refractivity contribution in [3.63, 3.8) is 0 Å². The molecule has 0 spiro atoms. The van der Waals surface area contributed by atoms with Gasteiger partial charge in [-0.25, -0.2) is 0 Å². The quantitative estimate of drug-likeness (QED) is 0.0259. The van der Waals surface area contributed by atoms with E-state index in [0.29, 0.717) is 12.8 Å². The van der Waals surface area contributed by atoms with Gasteiger partial charge in [-0.3, -0.25) is 9.59 Å². The highest BCUT2D eigenvalue weighted by molar-refractivity contribution is 5.70. The SMILES string of the molecule is CC/C=C/C/C=C/C/C=C/C/C=C/CCCCCCCCCCCCC(=O)OC(COCCC(C(=O)[O-])[N+](C)(C)C)COC(=O)CCCCCCC/C=C/C/C=C/C/C=C/C/C=C/CCCCC. The first kappa shape index (κ1) is 64.2. The van der Waals surface area contributed by atoms with E-state index in [2.05, 4.69) is 111 Å². The third-order valence-electron chi connectivity index (χ3n) is 11.7. The Morgan fingerprint density at radius 1 is 0.456 bits per heavy atom. The molecule has 0 aliphatic carbocycles. The summed E-state index contributed by atoms with van der Waals surface area (Å²) in [5.74, 6) is -1.77. The number of carbonyl (C=O) groups is 3. The van der Waals surface area contributed by atoms with Gasteiger partial charge in [0.2, 0.25) is 0 Å². The lowest BCUT2D eigenvalue weighted by Crippen LogP contribution is -2.55. The number of quaternary nitrogens is 1. The van der Waals surface area contributed by atoms with E-state index in [1.807, 2.05) is 0 Å². The molecule has 0 saturated carbocycles. The zero-order valence-electron chi connectivity index (χ0n) is 44.2. The molecule has 0 N–H and O–H groups in total. The summed E-state index contributed by atoms with van der Waals surface area (Å²) >= 11 is 0. The maximum absolute atomic E-state index is 12.8. The van der Waals surface area contributed by atoms with E-state index in [0.717, 1.165) is 109 Å². The van der Waals surface area contributed by atoms with Crippen LogP contribution in [0.3, 0.4) is 0 Å². The number of ether oxygens (including phenoxy) is 3. The number of hydrogen-bond donors (Lipinski definition) is 0. The molecular weight excluding hydrogens is 847 g/mol. The molecule has 0 aromatic carbocycles. The summed E-state index contributed by atoms with van der Waals surface area (Å²) < 4.78 is 17.3. The highest BCUT2D eigenvalue weighted by Crippen LogP contribution is 2.15. The summed E-state index contributed by atoms with van der Waals surface area (Å²) in [5.41, 5.74) is 0. The van der Waals surface area contributed by atoms with Gasteiger partial charge in [-0.05, 0) is 96.3 Å². The van der Waals surface area contributed by atoms with Gasteiger partial charge < -0.3 is 28.6 Å². The lowest BCUT2D eigenvalue weighted by molar-refractivity contribution is -0.889. The minimum atomic E-state index is -1.13. The van der Waals surface area contributed by atoms with Gasteiger partial charge >= 0.3 is 11.9 Å². The van der Waals surface area contributed by atoms with E-state index >= 15 is 0 Å². The molecule has 2 unspecified atom stereocenters. The standard InChI is InChI=1S/C60H101NO7/c1-6-8-10-12-14-16-18-20-22-24-26-28-29-31-33-35-37-39-41-43-45-47-49-51-59(63)68-56(54-66-53-52-57(60(64)65)61(3,4)5)55-67-58(62)50-48-46-44-42-40-38-36-34-32-30-27-25-23-21-19-17-15-13-11-9-7-2/h8,10,14-17,20-23,26-28,30,34,36,56-57H,6-7,9,11-13,18-19,24-25,29,31-33,35,37-55H2,1-5H3/b10-8+,16-14+,17-15+,22-20+,23-21+,28-26+,30-27+,36-34+. The molecule has 68 heavy (non-hydrogen) atoms. The fourth-order valence-electron chi connectivity index (χ4n) is 7.52. The van der Waals surface area contributed by atoms with E-state index in [1.165, 1.54) is 70.6 Å². The highest BCUT2D eigenvalue weighted by atomic mass is 16.6. The van der Waals surface area contributed by atoms with Crippen molar-refractivity contribution in [3.05, 3.63) is 97.2 Å². The third-order valence-corrected chi connectivity index (χ3v) is 11.7. The Balaban J connectivity index is 4.27. The number of hydrogen-bond acceptors (Lipinski definition) is 7. The number of likely N-dealkylation sites (N-methyl/N-ethyl adjacent to an activating group) is 1. The number of carbonyl (C=O) groups excluding carboxylic acids is 3. The van der Waals surface area contributed by atoms with Gasteiger partial charge in [-0.2, -0.15) is 0 Å². The molecule has 0 radical (unpaired) electrons. The van der Waals surface area contributed by atoms with Crippen LogP contribution in [0.1, 0.15) is 213 Å². The number of carboxylic acid groups (broad SMARTS) is 1. The monoisotopic (exact) mass is 948 g/mol. The smallest absolute Gasteiger partial charge is 0.306 e. The second kappa shape index (κ2) is 49.7. The maximum atomic E-state index is 12.8. The molecule has 0 heterocycles. The Morgan fingerprint density at radius 2 is 0.824 bits per heavy atom. The zero-order valence-corrected chi connectivity index (χ0v) is 44.2. The topological polar surface area (TPSA) is 102 Å². The van der Waals surface area contributed by atoms with Crippen molar-refractivity contribution in [1.29, 1.82) is 0 Å². The zero-order chi connectivity index (χ0) is 49.9. The average Bonchev–Trinajstić information content (AvgIpc) is 3.30. The molecule has 8 nitrogen and oxygen atoms in total. The molecule has 0 aromatic rings. The molecule has 0 aliphatic rings. The lowest BCUT2D eigenvalue weighted by atomic mass is 10.0. The summed E-state index contributed by atoms with van der Waals surface area (Å²) in [6, 6.07) is -0.736. The van der Waals surface area contributed by atoms with Crippen LogP contribution in [0, 0.1) is 0 Å². The minimum absolute atomic E-state index is 0.0276. The third kappa shape index (κ3) is 47.3. The Kier molecular flexibility index (Phi) is 46.9. The molecule has 2 atom stereocenters. The number of rotatable bonds is 48. The Bertz CT molecular complexity index is 1430. The Morgan fingerprint density at radius 3 is 1.22 bits per heavy atom.